The second-order valence-corrected chi connectivity index (χ2v) is 7.31. The number of aromatic nitrogens is 3. The lowest BCUT2D eigenvalue weighted by Gasteiger charge is -2.26. The van der Waals surface area contributed by atoms with Gasteiger partial charge in [0.05, 0.1) is 12.6 Å². The zero-order chi connectivity index (χ0) is 16.0. The van der Waals surface area contributed by atoms with Crippen LogP contribution in [0.1, 0.15) is 56.8 Å². The Morgan fingerprint density at radius 3 is 2.70 bits per heavy atom. The van der Waals surface area contributed by atoms with E-state index >= 15 is 0 Å². The Morgan fingerprint density at radius 2 is 2.00 bits per heavy atom. The van der Waals surface area contributed by atoms with Gasteiger partial charge in [-0.1, -0.05) is 12.8 Å². The molecule has 0 bridgehead atoms. The number of amides is 1. The van der Waals surface area contributed by atoms with Crippen LogP contribution in [-0.4, -0.2) is 38.0 Å². The van der Waals surface area contributed by atoms with Gasteiger partial charge in [-0.05, 0) is 31.6 Å². The highest BCUT2D eigenvalue weighted by atomic mass is 19.3. The van der Waals surface area contributed by atoms with Crippen molar-refractivity contribution in [3.05, 3.63) is 12.2 Å². The minimum Gasteiger partial charge on any atom is -0.326 e. The molecule has 2 heterocycles. The molecule has 3 aliphatic rings. The van der Waals surface area contributed by atoms with E-state index < -0.39 is 18.5 Å². The van der Waals surface area contributed by atoms with Crippen LogP contribution in [0.3, 0.4) is 0 Å². The molecule has 1 aliphatic heterocycles. The number of alkyl halides is 2. The molecule has 0 radical (unpaired) electrons. The van der Waals surface area contributed by atoms with Crippen molar-refractivity contribution in [2.24, 2.45) is 11.8 Å². The number of nitrogens with zero attached hydrogens (tertiary/aromatic N) is 4. The Hall–Kier alpha value is -1.53. The van der Waals surface area contributed by atoms with Crippen molar-refractivity contribution in [2.75, 3.05) is 6.54 Å². The fourth-order valence-electron chi connectivity index (χ4n) is 3.93. The van der Waals surface area contributed by atoms with E-state index in [0.717, 1.165) is 32.2 Å². The third kappa shape index (κ3) is 2.97. The van der Waals surface area contributed by atoms with Crippen molar-refractivity contribution in [1.82, 2.24) is 19.7 Å². The molecule has 1 saturated heterocycles. The van der Waals surface area contributed by atoms with E-state index in [0.29, 0.717) is 11.7 Å². The third-order valence-electron chi connectivity index (χ3n) is 5.35. The summed E-state index contributed by atoms with van der Waals surface area (Å²) in [4.78, 5) is 14.1. The average molecular weight is 324 g/mol. The van der Waals surface area contributed by atoms with E-state index in [1.165, 1.54) is 17.7 Å². The molecule has 1 amide bonds. The predicted octanol–water partition coefficient (Wildman–Crippen LogP) is 2.79. The highest BCUT2D eigenvalue weighted by molar-refractivity contribution is 5.80. The fraction of sp³-hybridized carbons (Fsp3) is 0.812. The van der Waals surface area contributed by atoms with Crippen LogP contribution < -0.4 is 0 Å². The molecule has 2 saturated carbocycles. The molecule has 7 heteroatoms. The monoisotopic (exact) mass is 324 g/mol. The highest BCUT2D eigenvalue weighted by Gasteiger charge is 2.50. The molecular weight excluding hydrogens is 302 g/mol. The van der Waals surface area contributed by atoms with E-state index in [1.807, 2.05) is 4.57 Å². The minimum absolute atomic E-state index is 0.0915. The van der Waals surface area contributed by atoms with Gasteiger partial charge in [0.2, 0.25) is 5.91 Å². The van der Waals surface area contributed by atoms with Crippen molar-refractivity contribution >= 4 is 5.91 Å². The molecule has 4 rings (SSSR count). The molecule has 23 heavy (non-hydrogen) atoms. The molecule has 1 aromatic rings. The van der Waals surface area contributed by atoms with Crippen LogP contribution >= 0.6 is 0 Å². The standard InChI is InChI=1S/C16H22F2N4O/c17-16(18)7-13(14-20-19-10-21(14)8-11-5-6-11)22(9-16)15(23)12-3-1-2-4-12/h10-13H,1-9H2/t13-/m0/s1. The molecule has 2 aliphatic carbocycles. The predicted molar refractivity (Wildman–Crippen MR) is 78.7 cm³/mol. The molecule has 5 nitrogen and oxygen atoms in total. The summed E-state index contributed by atoms with van der Waals surface area (Å²) in [6.45, 7) is 0.291. The van der Waals surface area contributed by atoms with Crippen LogP contribution in [0, 0.1) is 11.8 Å². The van der Waals surface area contributed by atoms with Gasteiger partial charge in [0.1, 0.15) is 6.33 Å². The van der Waals surface area contributed by atoms with E-state index in [4.69, 9.17) is 0 Å². The van der Waals surface area contributed by atoms with Crippen molar-refractivity contribution in [3.63, 3.8) is 0 Å². The zero-order valence-electron chi connectivity index (χ0n) is 13.1. The van der Waals surface area contributed by atoms with Gasteiger partial charge in [0, 0.05) is 18.9 Å². The Kier molecular flexibility index (Phi) is 3.61. The number of likely N-dealkylation sites (tertiary alicyclic amines) is 1. The number of rotatable bonds is 4. The van der Waals surface area contributed by atoms with Gasteiger partial charge in [-0.3, -0.25) is 4.79 Å². The lowest BCUT2D eigenvalue weighted by Crippen LogP contribution is -2.37. The maximum Gasteiger partial charge on any atom is 0.267 e. The van der Waals surface area contributed by atoms with E-state index in [9.17, 15) is 13.6 Å². The van der Waals surface area contributed by atoms with Crippen molar-refractivity contribution < 1.29 is 13.6 Å². The minimum atomic E-state index is -2.84. The van der Waals surface area contributed by atoms with Crippen LogP contribution in [0.2, 0.25) is 0 Å². The van der Waals surface area contributed by atoms with Crippen LogP contribution in [-0.2, 0) is 11.3 Å². The van der Waals surface area contributed by atoms with Crippen LogP contribution in [0.5, 0.6) is 0 Å². The van der Waals surface area contributed by atoms with E-state index in [-0.39, 0.29) is 18.2 Å². The van der Waals surface area contributed by atoms with Crippen LogP contribution in [0.4, 0.5) is 8.78 Å². The first kappa shape index (κ1) is 15.0. The first-order valence-corrected chi connectivity index (χ1v) is 8.59. The van der Waals surface area contributed by atoms with Gasteiger partial charge in [0.25, 0.3) is 5.92 Å². The van der Waals surface area contributed by atoms with Gasteiger partial charge >= 0.3 is 0 Å². The zero-order valence-corrected chi connectivity index (χ0v) is 13.1. The fourth-order valence-corrected chi connectivity index (χ4v) is 3.93. The molecule has 126 valence electrons. The molecule has 0 unspecified atom stereocenters. The molecule has 0 aromatic carbocycles. The summed E-state index contributed by atoms with van der Waals surface area (Å²) >= 11 is 0. The number of hydrogen-bond acceptors (Lipinski definition) is 3. The summed E-state index contributed by atoms with van der Waals surface area (Å²) in [6.07, 6.45) is 7.29. The number of carbonyl (C=O) groups is 1. The SMILES string of the molecule is O=C(C1CCCC1)N1CC(F)(F)C[C@H]1c1nncn1CC1CC1. The van der Waals surface area contributed by atoms with Crippen LogP contribution in [0.25, 0.3) is 0 Å². The summed E-state index contributed by atoms with van der Waals surface area (Å²) in [5.74, 6) is -1.92. The molecule has 0 N–H and O–H groups in total. The normalized spacial score (nSPS) is 27.7. The Balaban J connectivity index is 1.59. The first-order valence-electron chi connectivity index (χ1n) is 8.59. The molecule has 1 aromatic heterocycles. The first-order chi connectivity index (χ1) is 11.0. The third-order valence-corrected chi connectivity index (χ3v) is 5.35. The molecular formula is C16H22F2N4O. The number of hydrogen-bond donors (Lipinski definition) is 0. The molecule has 3 fully saturated rings. The van der Waals surface area contributed by atoms with Gasteiger partial charge in [-0.15, -0.1) is 10.2 Å². The van der Waals surface area contributed by atoms with Crippen molar-refractivity contribution in [2.45, 2.75) is 63.5 Å². The Morgan fingerprint density at radius 1 is 1.26 bits per heavy atom. The number of carbonyl (C=O) groups excluding carboxylic acids is 1. The summed E-state index contributed by atoms with van der Waals surface area (Å²) in [6, 6.07) is -0.639. The lowest BCUT2D eigenvalue weighted by molar-refractivity contribution is -0.137. The lowest BCUT2D eigenvalue weighted by atomic mass is 10.1. The van der Waals surface area contributed by atoms with E-state index in [1.54, 1.807) is 6.33 Å². The maximum absolute atomic E-state index is 14.0. The molecule has 0 spiro atoms. The Labute approximate surface area is 134 Å². The average Bonchev–Trinajstić information content (AvgIpc) is 2.94. The van der Waals surface area contributed by atoms with Crippen LogP contribution in [0.15, 0.2) is 6.33 Å². The van der Waals surface area contributed by atoms with Crippen molar-refractivity contribution in [1.29, 1.82) is 0 Å². The van der Waals surface area contributed by atoms with Gasteiger partial charge in [-0.25, -0.2) is 8.78 Å². The summed E-state index contributed by atoms with van der Waals surface area (Å²) in [5, 5.41) is 8.01. The number of halogens is 2. The largest absolute Gasteiger partial charge is 0.326 e. The van der Waals surface area contributed by atoms with Gasteiger partial charge in [-0.2, -0.15) is 0 Å². The quantitative estimate of drug-likeness (QED) is 0.856. The summed E-state index contributed by atoms with van der Waals surface area (Å²) in [5.41, 5.74) is 0. The van der Waals surface area contributed by atoms with Gasteiger partial charge < -0.3 is 9.47 Å². The second-order valence-electron chi connectivity index (χ2n) is 7.31. The smallest absolute Gasteiger partial charge is 0.267 e. The van der Waals surface area contributed by atoms with Crippen molar-refractivity contribution in [3.8, 4) is 0 Å². The topological polar surface area (TPSA) is 51.0 Å². The Bertz CT molecular complexity index is 593. The summed E-state index contributed by atoms with van der Waals surface area (Å²) < 4.78 is 30.0. The second kappa shape index (κ2) is 5.53. The maximum atomic E-state index is 14.0. The highest BCUT2D eigenvalue weighted by Crippen LogP contribution is 2.43. The van der Waals surface area contributed by atoms with E-state index in [2.05, 4.69) is 10.2 Å². The molecule has 1 atom stereocenters. The summed E-state index contributed by atoms with van der Waals surface area (Å²) in [7, 11) is 0. The van der Waals surface area contributed by atoms with Gasteiger partial charge in [0.15, 0.2) is 5.82 Å².